The van der Waals surface area contributed by atoms with Crippen LogP contribution in [0.15, 0.2) is 23.1 Å². The van der Waals surface area contributed by atoms with E-state index < -0.39 is 10.0 Å². The van der Waals surface area contributed by atoms with Crippen LogP contribution in [0.1, 0.15) is 27.2 Å². The van der Waals surface area contributed by atoms with Gasteiger partial charge in [-0.15, -0.1) is 0 Å². The number of benzene rings is 1. The molecule has 18 heavy (non-hydrogen) atoms. The molecule has 0 heterocycles. The predicted molar refractivity (Wildman–Crippen MR) is 72.7 cm³/mol. The number of rotatable bonds is 6. The predicted octanol–water partition coefficient (Wildman–Crippen LogP) is 2.82. The van der Waals surface area contributed by atoms with Gasteiger partial charge in [0.2, 0.25) is 10.0 Å². The van der Waals surface area contributed by atoms with Crippen LogP contribution < -0.4 is 9.46 Å². The van der Waals surface area contributed by atoms with Crippen molar-refractivity contribution in [3.8, 4) is 5.75 Å². The normalized spacial score (nSPS) is 11.8. The van der Waals surface area contributed by atoms with Crippen LogP contribution in [0, 0.1) is 0 Å². The molecular formula is C12H18ClNO3S. The fourth-order valence-corrected chi connectivity index (χ4v) is 2.77. The first-order valence-electron chi connectivity index (χ1n) is 5.82. The minimum atomic E-state index is -3.48. The Morgan fingerprint density at radius 1 is 1.39 bits per heavy atom. The van der Waals surface area contributed by atoms with E-state index >= 15 is 0 Å². The average Bonchev–Trinajstić information content (AvgIpc) is 2.28. The van der Waals surface area contributed by atoms with Gasteiger partial charge in [0.25, 0.3) is 0 Å². The molecule has 0 bridgehead atoms. The summed E-state index contributed by atoms with van der Waals surface area (Å²) in [6.45, 7) is 6.06. The fourth-order valence-electron chi connectivity index (χ4n) is 1.32. The van der Waals surface area contributed by atoms with E-state index in [0.717, 1.165) is 6.42 Å². The molecule has 1 aromatic rings. The zero-order valence-electron chi connectivity index (χ0n) is 10.7. The summed E-state index contributed by atoms with van der Waals surface area (Å²) in [7, 11) is -3.48. The second kappa shape index (κ2) is 6.41. The van der Waals surface area contributed by atoms with E-state index in [1.54, 1.807) is 6.07 Å². The first-order valence-corrected chi connectivity index (χ1v) is 7.68. The zero-order valence-corrected chi connectivity index (χ0v) is 12.3. The van der Waals surface area contributed by atoms with E-state index in [1.807, 2.05) is 20.8 Å². The molecule has 0 saturated heterocycles. The van der Waals surface area contributed by atoms with Crippen molar-refractivity contribution in [3.05, 3.63) is 23.2 Å². The molecule has 1 rings (SSSR count). The average molecular weight is 292 g/mol. The van der Waals surface area contributed by atoms with Crippen LogP contribution in [-0.4, -0.2) is 21.1 Å². The molecule has 0 aliphatic carbocycles. The van der Waals surface area contributed by atoms with Crippen LogP contribution in [0.3, 0.4) is 0 Å². The first kappa shape index (κ1) is 15.3. The van der Waals surface area contributed by atoms with Crippen molar-refractivity contribution in [2.24, 2.45) is 0 Å². The van der Waals surface area contributed by atoms with E-state index in [2.05, 4.69) is 4.72 Å². The highest BCUT2D eigenvalue weighted by Gasteiger charge is 2.15. The summed E-state index contributed by atoms with van der Waals surface area (Å²) in [6.07, 6.45) is 0.727. The molecule has 102 valence electrons. The van der Waals surface area contributed by atoms with Gasteiger partial charge in [0, 0.05) is 6.54 Å². The molecular weight excluding hydrogens is 274 g/mol. The van der Waals surface area contributed by atoms with Crippen molar-refractivity contribution >= 4 is 21.6 Å². The summed E-state index contributed by atoms with van der Waals surface area (Å²) in [4.78, 5) is 0.150. The van der Waals surface area contributed by atoms with Gasteiger partial charge in [-0.05, 0) is 38.5 Å². The Balaban J connectivity index is 2.97. The van der Waals surface area contributed by atoms with Crippen molar-refractivity contribution < 1.29 is 13.2 Å². The maximum Gasteiger partial charge on any atom is 0.240 e. The smallest absolute Gasteiger partial charge is 0.240 e. The van der Waals surface area contributed by atoms with Crippen molar-refractivity contribution in [1.82, 2.24) is 4.72 Å². The van der Waals surface area contributed by atoms with Crippen molar-refractivity contribution in [1.29, 1.82) is 0 Å². The standard InChI is InChI=1S/C12H18ClNO3S/c1-4-7-14-18(15,16)10-5-6-12(11(13)8-10)17-9(2)3/h5-6,8-9,14H,4,7H2,1-3H3. The fraction of sp³-hybridized carbons (Fsp3) is 0.500. The van der Waals surface area contributed by atoms with Gasteiger partial charge in [-0.1, -0.05) is 18.5 Å². The third-order valence-corrected chi connectivity index (χ3v) is 3.87. The summed E-state index contributed by atoms with van der Waals surface area (Å²) in [5, 5.41) is 0.295. The van der Waals surface area contributed by atoms with Gasteiger partial charge >= 0.3 is 0 Å². The second-order valence-electron chi connectivity index (χ2n) is 4.16. The number of sulfonamides is 1. The quantitative estimate of drug-likeness (QED) is 0.877. The third kappa shape index (κ3) is 4.15. The van der Waals surface area contributed by atoms with Gasteiger partial charge in [0.15, 0.2) is 0 Å². The summed E-state index contributed by atoms with van der Waals surface area (Å²) < 4.78 is 31.7. The van der Waals surface area contributed by atoms with E-state index in [1.165, 1.54) is 12.1 Å². The molecule has 0 aromatic heterocycles. The Morgan fingerprint density at radius 2 is 2.06 bits per heavy atom. The molecule has 0 unspecified atom stereocenters. The van der Waals surface area contributed by atoms with E-state index in [0.29, 0.717) is 17.3 Å². The molecule has 0 aliphatic heterocycles. The minimum Gasteiger partial charge on any atom is -0.489 e. The number of ether oxygens (including phenoxy) is 1. The van der Waals surface area contributed by atoms with Gasteiger partial charge in [-0.3, -0.25) is 0 Å². The van der Waals surface area contributed by atoms with Crippen molar-refractivity contribution in [3.63, 3.8) is 0 Å². The highest BCUT2D eigenvalue weighted by Crippen LogP contribution is 2.28. The van der Waals surface area contributed by atoms with Gasteiger partial charge < -0.3 is 4.74 Å². The molecule has 0 spiro atoms. The summed E-state index contributed by atoms with van der Waals surface area (Å²) in [5.41, 5.74) is 0. The van der Waals surface area contributed by atoms with Crippen LogP contribution in [-0.2, 0) is 10.0 Å². The lowest BCUT2D eigenvalue weighted by atomic mass is 10.3. The Morgan fingerprint density at radius 3 is 2.56 bits per heavy atom. The lowest BCUT2D eigenvalue weighted by molar-refractivity contribution is 0.242. The maximum absolute atomic E-state index is 11.9. The summed E-state index contributed by atoms with van der Waals surface area (Å²) >= 11 is 6.00. The highest BCUT2D eigenvalue weighted by molar-refractivity contribution is 7.89. The number of halogens is 1. The minimum absolute atomic E-state index is 0.0110. The maximum atomic E-state index is 11.9. The van der Waals surface area contributed by atoms with Crippen molar-refractivity contribution in [2.75, 3.05) is 6.54 Å². The monoisotopic (exact) mass is 291 g/mol. The van der Waals surface area contributed by atoms with E-state index in [-0.39, 0.29) is 11.0 Å². The molecule has 0 atom stereocenters. The number of hydrogen-bond acceptors (Lipinski definition) is 3. The molecule has 0 aliphatic rings. The second-order valence-corrected chi connectivity index (χ2v) is 6.33. The molecule has 0 saturated carbocycles. The largest absolute Gasteiger partial charge is 0.489 e. The van der Waals surface area contributed by atoms with Gasteiger partial charge in [0.05, 0.1) is 16.0 Å². The Kier molecular flexibility index (Phi) is 5.44. The molecule has 0 radical (unpaired) electrons. The number of nitrogens with one attached hydrogen (secondary N) is 1. The summed E-state index contributed by atoms with van der Waals surface area (Å²) in [6, 6.07) is 4.46. The zero-order chi connectivity index (χ0) is 13.8. The van der Waals surface area contributed by atoms with Crippen LogP contribution in [0.4, 0.5) is 0 Å². The molecule has 4 nitrogen and oxygen atoms in total. The summed E-state index contributed by atoms with van der Waals surface area (Å²) in [5.74, 6) is 0.487. The third-order valence-electron chi connectivity index (χ3n) is 2.12. The molecule has 0 fully saturated rings. The lowest BCUT2D eigenvalue weighted by Gasteiger charge is -2.12. The Hall–Kier alpha value is -0.780. The van der Waals surface area contributed by atoms with Crippen LogP contribution in [0.5, 0.6) is 5.75 Å². The topological polar surface area (TPSA) is 55.4 Å². The molecule has 1 aromatic carbocycles. The van der Waals surface area contributed by atoms with E-state index in [4.69, 9.17) is 16.3 Å². The molecule has 1 N–H and O–H groups in total. The van der Waals surface area contributed by atoms with Gasteiger partial charge in [-0.25, -0.2) is 13.1 Å². The van der Waals surface area contributed by atoms with Crippen molar-refractivity contribution in [2.45, 2.75) is 38.2 Å². The van der Waals surface area contributed by atoms with Crippen LogP contribution >= 0.6 is 11.6 Å². The Labute approximate surface area is 113 Å². The lowest BCUT2D eigenvalue weighted by Crippen LogP contribution is -2.24. The highest BCUT2D eigenvalue weighted by atomic mass is 35.5. The molecule has 6 heteroatoms. The number of hydrogen-bond donors (Lipinski definition) is 1. The van der Waals surface area contributed by atoms with Crippen LogP contribution in [0.25, 0.3) is 0 Å². The molecule has 0 amide bonds. The first-order chi connectivity index (χ1) is 8.36. The SMILES string of the molecule is CCCNS(=O)(=O)c1ccc(OC(C)C)c(Cl)c1. The van der Waals surface area contributed by atoms with Crippen LogP contribution in [0.2, 0.25) is 5.02 Å². The van der Waals surface area contributed by atoms with Gasteiger partial charge in [0.1, 0.15) is 5.75 Å². The van der Waals surface area contributed by atoms with E-state index in [9.17, 15) is 8.42 Å². The van der Waals surface area contributed by atoms with Gasteiger partial charge in [-0.2, -0.15) is 0 Å². The Bertz CT molecular complexity index is 500.